The van der Waals surface area contributed by atoms with E-state index in [4.69, 9.17) is 0 Å². The van der Waals surface area contributed by atoms with E-state index in [-0.39, 0.29) is 17.5 Å². The highest BCUT2D eigenvalue weighted by atomic mass is 32.1. The van der Waals surface area contributed by atoms with Crippen LogP contribution in [-0.2, 0) is 11.8 Å². The van der Waals surface area contributed by atoms with Gasteiger partial charge in [0, 0.05) is 13.1 Å². The van der Waals surface area contributed by atoms with Gasteiger partial charge in [-0.15, -0.1) is 11.3 Å². The molecule has 2 aromatic heterocycles. The first-order valence-electron chi connectivity index (χ1n) is 8.76. The minimum atomic E-state index is -0.883. The van der Waals surface area contributed by atoms with Gasteiger partial charge in [0.15, 0.2) is 0 Å². The summed E-state index contributed by atoms with van der Waals surface area (Å²) in [6, 6.07) is -0.377. The third-order valence-corrected chi connectivity index (χ3v) is 6.27. The van der Waals surface area contributed by atoms with E-state index in [2.05, 4.69) is 15.4 Å². The van der Waals surface area contributed by atoms with E-state index in [9.17, 15) is 19.5 Å². The van der Waals surface area contributed by atoms with Crippen LogP contribution in [0.3, 0.4) is 0 Å². The predicted octanol–water partition coefficient (Wildman–Crippen LogP) is 1.81. The van der Waals surface area contributed by atoms with Crippen LogP contribution >= 0.6 is 11.3 Å². The van der Waals surface area contributed by atoms with Gasteiger partial charge in [-0.05, 0) is 39.2 Å². The van der Waals surface area contributed by atoms with Crippen molar-refractivity contribution in [2.75, 3.05) is 0 Å². The number of nitrogens with zero attached hydrogens (tertiary/aromatic N) is 3. The summed E-state index contributed by atoms with van der Waals surface area (Å²) in [5.41, 5.74) is 2.16. The van der Waals surface area contributed by atoms with E-state index in [0.29, 0.717) is 34.0 Å². The number of carboxylic acid groups (broad SMARTS) is 1. The van der Waals surface area contributed by atoms with Gasteiger partial charge < -0.3 is 10.4 Å². The highest BCUT2D eigenvalue weighted by Gasteiger charge is 2.34. The molecule has 0 aliphatic heterocycles. The Bertz CT molecular complexity index is 978. The normalized spacial score (nSPS) is 19.3. The number of amides is 1. The molecular weight excluding hydrogens is 368 g/mol. The van der Waals surface area contributed by atoms with Crippen LogP contribution in [0.25, 0.3) is 10.6 Å². The van der Waals surface area contributed by atoms with Gasteiger partial charge in [0.25, 0.3) is 11.5 Å². The topological polar surface area (TPSA) is 114 Å². The van der Waals surface area contributed by atoms with E-state index < -0.39 is 11.9 Å². The third kappa shape index (κ3) is 3.51. The van der Waals surface area contributed by atoms with Crippen molar-refractivity contribution in [3.63, 3.8) is 0 Å². The summed E-state index contributed by atoms with van der Waals surface area (Å²) >= 11 is 1.15. The lowest BCUT2D eigenvalue weighted by atomic mass is 10.0. The molecule has 9 heteroatoms. The number of carbonyl (C=O) groups excluding carboxylic acids is 1. The second-order valence-corrected chi connectivity index (χ2v) is 7.90. The highest BCUT2D eigenvalue weighted by Crippen LogP contribution is 2.30. The molecule has 0 unspecified atom stereocenters. The number of carbonyl (C=O) groups is 2. The monoisotopic (exact) mass is 390 g/mol. The standard InChI is InChI=1S/C18H22N4O4S/c1-8-9(2)21-22(4)17(24)13(8)16-19-10(3)14(27-16)15(23)20-12-7-5-6-11(12)18(25)26/h11-12H,5-7H2,1-4H3,(H,20,23)(H,25,26)/t11-,12+/m0/s1. The van der Waals surface area contributed by atoms with Crippen molar-refractivity contribution in [3.05, 3.63) is 32.2 Å². The summed E-state index contributed by atoms with van der Waals surface area (Å²) in [5, 5.41) is 16.8. The average molecular weight is 390 g/mol. The summed E-state index contributed by atoms with van der Waals surface area (Å²) < 4.78 is 1.27. The first-order valence-corrected chi connectivity index (χ1v) is 9.58. The van der Waals surface area contributed by atoms with Gasteiger partial charge in [-0.25, -0.2) is 9.67 Å². The molecule has 1 fully saturated rings. The van der Waals surface area contributed by atoms with Crippen molar-refractivity contribution in [1.29, 1.82) is 0 Å². The number of thiazole rings is 1. The van der Waals surface area contributed by atoms with Gasteiger partial charge in [0.05, 0.1) is 22.9 Å². The summed E-state index contributed by atoms with van der Waals surface area (Å²) in [7, 11) is 1.58. The number of hydrogen-bond acceptors (Lipinski definition) is 6. The van der Waals surface area contributed by atoms with E-state index in [1.54, 1.807) is 14.0 Å². The molecule has 144 valence electrons. The Morgan fingerprint density at radius 2 is 1.93 bits per heavy atom. The van der Waals surface area contributed by atoms with E-state index in [1.807, 2.05) is 13.8 Å². The molecule has 0 saturated heterocycles. The van der Waals surface area contributed by atoms with Crippen molar-refractivity contribution >= 4 is 23.2 Å². The van der Waals surface area contributed by atoms with Crippen LogP contribution in [0.5, 0.6) is 0 Å². The van der Waals surface area contributed by atoms with E-state index >= 15 is 0 Å². The molecule has 0 radical (unpaired) electrons. The van der Waals surface area contributed by atoms with Gasteiger partial charge in [-0.3, -0.25) is 14.4 Å². The molecule has 2 N–H and O–H groups in total. The largest absolute Gasteiger partial charge is 0.481 e. The molecule has 1 aliphatic carbocycles. The lowest BCUT2D eigenvalue weighted by Gasteiger charge is -2.17. The molecule has 1 aliphatic rings. The number of carboxylic acids is 1. The molecule has 1 amide bonds. The maximum Gasteiger partial charge on any atom is 0.308 e. The molecule has 2 atom stereocenters. The Labute approximate surface area is 160 Å². The zero-order valence-electron chi connectivity index (χ0n) is 15.7. The quantitative estimate of drug-likeness (QED) is 0.823. The van der Waals surface area contributed by atoms with Crippen LogP contribution in [0.15, 0.2) is 4.79 Å². The molecule has 0 spiro atoms. The summed E-state index contributed by atoms with van der Waals surface area (Å²) in [4.78, 5) is 41.4. The smallest absolute Gasteiger partial charge is 0.308 e. The van der Waals surface area contributed by atoms with Gasteiger partial charge >= 0.3 is 5.97 Å². The van der Waals surface area contributed by atoms with Crippen molar-refractivity contribution < 1.29 is 14.7 Å². The molecule has 0 aromatic carbocycles. The number of aryl methyl sites for hydroxylation is 3. The molecule has 8 nitrogen and oxygen atoms in total. The number of rotatable bonds is 4. The molecule has 2 heterocycles. The third-order valence-electron chi connectivity index (χ3n) is 5.09. The minimum Gasteiger partial charge on any atom is -0.481 e. The fourth-order valence-corrected chi connectivity index (χ4v) is 4.54. The van der Waals surface area contributed by atoms with Crippen molar-refractivity contribution in [1.82, 2.24) is 20.1 Å². The maximum absolute atomic E-state index is 12.7. The number of hydrogen-bond donors (Lipinski definition) is 2. The van der Waals surface area contributed by atoms with Gasteiger partial charge in [-0.2, -0.15) is 5.10 Å². The molecular formula is C18H22N4O4S. The van der Waals surface area contributed by atoms with Crippen LogP contribution in [0.2, 0.25) is 0 Å². The second kappa shape index (κ2) is 7.22. The van der Waals surface area contributed by atoms with Crippen LogP contribution in [0, 0.1) is 26.7 Å². The van der Waals surface area contributed by atoms with Crippen LogP contribution in [-0.4, -0.2) is 37.8 Å². The van der Waals surface area contributed by atoms with Crippen molar-refractivity contribution in [2.45, 2.75) is 46.1 Å². The highest BCUT2D eigenvalue weighted by molar-refractivity contribution is 7.17. The van der Waals surface area contributed by atoms with E-state index in [0.717, 1.165) is 29.0 Å². The zero-order valence-corrected chi connectivity index (χ0v) is 16.5. The van der Waals surface area contributed by atoms with Crippen LogP contribution < -0.4 is 10.9 Å². The fraction of sp³-hybridized carbons (Fsp3) is 0.500. The van der Waals surface area contributed by atoms with Crippen molar-refractivity contribution in [3.8, 4) is 10.6 Å². The van der Waals surface area contributed by atoms with Crippen LogP contribution in [0.4, 0.5) is 0 Å². The number of aromatic nitrogens is 3. The van der Waals surface area contributed by atoms with Gasteiger partial charge in [0.1, 0.15) is 9.88 Å². The maximum atomic E-state index is 12.7. The Balaban J connectivity index is 1.93. The lowest BCUT2D eigenvalue weighted by molar-refractivity contribution is -0.142. The minimum absolute atomic E-state index is 0.263. The van der Waals surface area contributed by atoms with Crippen LogP contribution in [0.1, 0.15) is 45.9 Å². The molecule has 27 heavy (non-hydrogen) atoms. The molecule has 2 aromatic rings. The SMILES string of the molecule is Cc1nc(-c2c(C)c(C)nn(C)c2=O)sc1C(=O)N[C@@H]1CCC[C@@H]1C(=O)O. The van der Waals surface area contributed by atoms with E-state index in [1.165, 1.54) is 4.68 Å². The van der Waals surface area contributed by atoms with Gasteiger partial charge in [0.2, 0.25) is 0 Å². The number of nitrogens with one attached hydrogen (secondary N) is 1. The Kier molecular flexibility index (Phi) is 5.14. The Morgan fingerprint density at radius 3 is 2.59 bits per heavy atom. The summed E-state index contributed by atoms with van der Waals surface area (Å²) in [5.74, 6) is -1.78. The first-order chi connectivity index (χ1) is 12.7. The molecule has 1 saturated carbocycles. The van der Waals surface area contributed by atoms with Gasteiger partial charge in [-0.1, -0.05) is 6.42 Å². The molecule has 3 rings (SSSR count). The second-order valence-electron chi connectivity index (χ2n) is 6.90. The van der Waals surface area contributed by atoms with Crippen molar-refractivity contribution in [2.24, 2.45) is 13.0 Å². The summed E-state index contributed by atoms with van der Waals surface area (Å²) in [6.07, 6.45) is 2.00. The Morgan fingerprint density at radius 1 is 1.22 bits per heavy atom. The summed E-state index contributed by atoms with van der Waals surface area (Å²) in [6.45, 7) is 5.34. The number of aliphatic carboxylic acids is 1. The zero-order chi connectivity index (χ0) is 19.9. The first kappa shape index (κ1) is 19.2. The average Bonchev–Trinajstić information content (AvgIpc) is 3.20. The fourth-order valence-electron chi connectivity index (χ4n) is 3.48. The Hall–Kier alpha value is -2.55. The molecule has 0 bridgehead atoms. The lowest BCUT2D eigenvalue weighted by Crippen LogP contribution is -2.40. The predicted molar refractivity (Wildman–Crippen MR) is 101 cm³/mol.